The largest absolute Gasteiger partial charge is 0.326 e. The maximum Gasteiger partial charge on any atom is 0.326 e. The van der Waals surface area contributed by atoms with Crippen LogP contribution in [0.15, 0.2) is 35.5 Å². The van der Waals surface area contributed by atoms with Gasteiger partial charge in [-0.2, -0.15) is 5.10 Å². The highest BCUT2D eigenvalue weighted by atomic mass is 16.1. The van der Waals surface area contributed by atoms with Crippen LogP contribution in [-0.2, 0) is 0 Å². The molecular weight excluding hydrogens is 376 g/mol. The number of rotatable bonds is 3. The molecule has 1 fully saturated rings. The number of aromatic nitrogens is 5. The molecule has 4 aromatic rings. The predicted molar refractivity (Wildman–Crippen MR) is 119 cm³/mol. The number of nitrogens with one attached hydrogen (secondary N) is 1. The fourth-order valence-corrected chi connectivity index (χ4v) is 4.85. The van der Waals surface area contributed by atoms with Gasteiger partial charge in [-0.1, -0.05) is 0 Å². The number of pyridine rings is 1. The third-order valence-electron chi connectivity index (χ3n) is 6.53. The van der Waals surface area contributed by atoms with Crippen molar-refractivity contribution >= 4 is 16.7 Å². The molecule has 1 saturated heterocycles. The SMILES string of the molecule is Cc1cc2c(cc1-c1cc(C)c3ncnn3c1)[nH]c(=O)n2C1CCN(C(C)C)CC1. The van der Waals surface area contributed by atoms with E-state index in [2.05, 4.69) is 58.9 Å². The molecule has 4 heterocycles. The van der Waals surface area contributed by atoms with Crippen LogP contribution in [0.1, 0.15) is 43.9 Å². The Balaban J connectivity index is 1.56. The molecule has 0 saturated carbocycles. The molecule has 0 aliphatic carbocycles. The van der Waals surface area contributed by atoms with Gasteiger partial charge in [-0.15, -0.1) is 0 Å². The lowest BCUT2D eigenvalue weighted by Gasteiger charge is -2.35. The van der Waals surface area contributed by atoms with Crippen LogP contribution in [0.5, 0.6) is 0 Å². The number of benzene rings is 1. The molecule has 1 aliphatic heterocycles. The number of H-pyrrole nitrogens is 1. The van der Waals surface area contributed by atoms with Gasteiger partial charge < -0.3 is 9.88 Å². The summed E-state index contributed by atoms with van der Waals surface area (Å²) in [6, 6.07) is 7.19. The van der Waals surface area contributed by atoms with Gasteiger partial charge in [0.1, 0.15) is 6.33 Å². The molecule has 3 aromatic heterocycles. The minimum absolute atomic E-state index is 0.00699. The molecule has 0 bridgehead atoms. The van der Waals surface area contributed by atoms with Gasteiger partial charge in [-0.25, -0.2) is 14.3 Å². The number of aromatic amines is 1. The highest BCUT2D eigenvalue weighted by Gasteiger charge is 2.25. The first-order chi connectivity index (χ1) is 14.4. The van der Waals surface area contributed by atoms with Crippen molar-refractivity contribution in [1.29, 1.82) is 0 Å². The number of likely N-dealkylation sites (tertiary alicyclic amines) is 1. The van der Waals surface area contributed by atoms with Gasteiger partial charge in [0.2, 0.25) is 0 Å². The molecule has 0 amide bonds. The number of piperidine rings is 1. The minimum Gasteiger partial charge on any atom is -0.306 e. The molecule has 7 nitrogen and oxygen atoms in total. The third-order valence-corrected chi connectivity index (χ3v) is 6.53. The molecule has 156 valence electrons. The van der Waals surface area contributed by atoms with Crippen LogP contribution >= 0.6 is 0 Å². The lowest BCUT2D eigenvalue weighted by atomic mass is 9.99. The monoisotopic (exact) mass is 404 g/mol. The molecule has 0 radical (unpaired) electrons. The van der Waals surface area contributed by atoms with Gasteiger partial charge in [0.05, 0.1) is 11.0 Å². The van der Waals surface area contributed by atoms with Crippen molar-refractivity contribution in [1.82, 2.24) is 29.0 Å². The smallest absolute Gasteiger partial charge is 0.306 e. The van der Waals surface area contributed by atoms with E-state index >= 15 is 0 Å². The summed E-state index contributed by atoms with van der Waals surface area (Å²) in [5.74, 6) is 0. The molecule has 1 N–H and O–H groups in total. The normalized spacial score (nSPS) is 16.3. The number of imidazole rings is 1. The molecule has 0 spiro atoms. The lowest BCUT2D eigenvalue weighted by molar-refractivity contribution is 0.152. The Morgan fingerprint density at radius 2 is 1.87 bits per heavy atom. The van der Waals surface area contributed by atoms with Crippen molar-refractivity contribution in [2.45, 2.75) is 52.6 Å². The van der Waals surface area contributed by atoms with Crippen LogP contribution in [0.4, 0.5) is 0 Å². The Morgan fingerprint density at radius 3 is 2.60 bits per heavy atom. The average molecular weight is 405 g/mol. The van der Waals surface area contributed by atoms with E-state index in [0.29, 0.717) is 6.04 Å². The lowest BCUT2D eigenvalue weighted by Crippen LogP contribution is -2.40. The minimum atomic E-state index is -0.00699. The highest BCUT2D eigenvalue weighted by Crippen LogP contribution is 2.31. The van der Waals surface area contributed by atoms with Gasteiger partial charge >= 0.3 is 5.69 Å². The number of hydrogen-bond acceptors (Lipinski definition) is 4. The summed E-state index contributed by atoms with van der Waals surface area (Å²) in [6.07, 6.45) is 5.59. The maximum absolute atomic E-state index is 12.9. The van der Waals surface area contributed by atoms with Crippen molar-refractivity contribution in [3.63, 3.8) is 0 Å². The standard InChI is InChI=1S/C23H28N6O/c1-14(2)27-7-5-18(6-8-27)29-21-10-15(3)19(11-20(21)26-23(29)30)17-9-16(4)22-24-13-25-28(22)12-17/h9-14,18H,5-8H2,1-4H3,(H,26,30). The molecule has 7 heteroatoms. The molecule has 30 heavy (non-hydrogen) atoms. The molecule has 5 rings (SSSR count). The zero-order valence-corrected chi connectivity index (χ0v) is 18.0. The number of aryl methyl sites for hydroxylation is 2. The molecule has 1 aromatic carbocycles. The summed E-state index contributed by atoms with van der Waals surface area (Å²) in [4.78, 5) is 22.8. The Hall–Kier alpha value is -2.93. The van der Waals surface area contributed by atoms with E-state index < -0.39 is 0 Å². The van der Waals surface area contributed by atoms with Gasteiger partial charge in [-0.3, -0.25) is 4.57 Å². The first kappa shape index (κ1) is 19.1. The molecular formula is C23H28N6O. The van der Waals surface area contributed by atoms with Crippen LogP contribution in [0.3, 0.4) is 0 Å². The van der Waals surface area contributed by atoms with Crippen molar-refractivity contribution in [3.8, 4) is 11.1 Å². The number of hydrogen-bond donors (Lipinski definition) is 1. The van der Waals surface area contributed by atoms with Gasteiger partial charge in [-0.05, 0) is 75.4 Å². The average Bonchev–Trinajstić information content (AvgIpc) is 3.31. The quantitative estimate of drug-likeness (QED) is 0.565. The Labute approximate surface area is 175 Å². The second-order valence-corrected chi connectivity index (χ2v) is 8.79. The van der Waals surface area contributed by atoms with Crippen molar-refractivity contribution in [2.75, 3.05) is 13.1 Å². The van der Waals surface area contributed by atoms with E-state index in [4.69, 9.17) is 0 Å². The van der Waals surface area contributed by atoms with E-state index in [-0.39, 0.29) is 11.7 Å². The summed E-state index contributed by atoms with van der Waals surface area (Å²) in [5, 5.41) is 4.30. The second-order valence-electron chi connectivity index (χ2n) is 8.79. The third kappa shape index (κ3) is 3.04. The summed E-state index contributed by atoms with van der Waals surface area (Å²) in [5.41, 5.74) is 7.15. The molecule has 1 aliphatic rings. The summed E-state index contributed by atoms with van der Waals surface area (Å²) < 4.78 is 3.79. The van der Waals surface area contributed by atoms with Gasteiger partial charge in [0.15, 0.2) is 5.65 Å². The summed E-state index contributed by atoms with van der Waals surface area (Å²) in [7, 11) is 0. The highest BCUT2D eigenvalue weighted by molar-refractivity contribution is 5.84. The molecule has 0 unspecified atom stereocenters. The van der Waals surface area contributed by atoms with Gasteiger partial charge in [0, 0.05) is 36.9 Å². The first-order valence-corrected chi connectivity index (χ1v) is 10.7. The number of nitrogens with zero attached hydrogens (tertiary/aromatic N) is 5. The van der Waals surface area contributed by atoms with E-state index in [1.54, 1.807) is 6.33 Å². The van der Waals surface area contributed by atoms with E-state index in [9.17, 15) is 4.79 Å². The Morgan fingerprint density at radius 1 is 1.10 bits per heavy atom. The zero-order valence-electron chi connectivity index (χ0n) is 18.0. The number of fused-ring (bicyclic) bond motifs is 2. The topological polar surface area (TPSA) is 71.2 Å². The van der Waals surface area contributed by atoms with Crippen LogP contribution < -0.4 is 5.69 Å². The van der Waals surface area contributed by atoms with Crippen LogP contribution in [0, 0.1) is 13.8 Å². The summed E-state index contributed by atoms with van der Waals surface area (Å²) in [6.45, 7) is 10.7. The summed E-state index contributed by atoms with van der Waals surface area (Å²) >= 11 is 0. The predicted octanol–water partition coefficient (Wildman–Crippen LogP) is 3.70. The van der Waals surface area contributed by atoms with Crippen molar-refractivity contribution < 1.29 is 0 Å². The fourth-order valence-electron chi connectivity index (χ4n) is 4.85. The van der Waals surface area contributed by atoms with Crippen molar-refractivity contribution in [2.24, 2.45) is 0 Å². The Kier molecular flexibility index (Phi) is 4.50. The van der Waals surface area contributed by atoms with Crippen LogP contribution in [-0.4, -0.2) is 48.2 Å². The maximum atomic E-state index is 12.9. The first-order valence-electron chi connectivity index (χ1n) is 10.7. The van der Waals surface area contributed by atoms with Crippen LogP contribution in [0.2, 0.25) is 0 Å². The van der Waals surface area contributed by atoms with E-state index in [1.165, 1.54) is 0 Å². The van der Waals surface area contributed by atoms with E-state index in [1.807, 2.05) is 22.2 Å². The molecule has 0 atom stereocenters. The fraction of sp³-hybridized carbons (Fsp3) is 0.435. The van der Waals surface area contributed by atoms with Crippen molar-refractivity contribution in [3.05, 3.63) is 52.3 Å². The zero-order chi connectivity index (χ0) is 21.0. The second kappa shape index (κ2) is 7.09. The van der Waals surface area contributed by atoms with E-state index in [0.717, 1.165) is 64.9 Å². The Bertz CT molecular complexity index is 1290. The van der Waals surface area contributed by atoms with Gasteiger partial charge in [0.25, 0.3) is 0 Å². The van der Waals surface area contributed by atoms with Crippen LogP contribution in [0.25, 0.3) is 27.8 Å².